The van der Waals surface area contributed by atoms with Gasteiger partial charge >= 0.3 is 0 Å². The molecule has 0 unspecified atom stereocenters. The van der Waals surface area contributed by atoms with Gasteiger partial charge in [0, 0.05) is 10.8 Å². The van der Waals surface area contributed by atoms with Gasteiger partial charge in [-0.2, -0.15) is 0 Å². The van der Waals surface area contributed by atoms with E-state index in [-0.39, 0.29) is 17.9 Å². The average molecular weight is 252 g/mol. The Kier molecular flexibility index (Phi) is 3.82. The highest BCUT2D eigenvalue weighted by Crippen LogP contribution is 2.29. The molecular formula is C13H20N2OS. The molecule has 0 bridgehead atoms. The van der Waals surface area contributed by atoms with Gasteiger partial charge in [0.1, 0.15) is 5.01 Å². The van der Waals surface area contributed by atoms with Crippen LogP contribution >= 0.6 is 11.3 Å². The Morgan fingerprint density at radius 2 is 2.24 bits per heavy atom. The Bertz CT molecular complexity index is 390. The van der Waals surface area contributed by atoms with E-state index in [0.717, 1.165) is 30.0 Å². The molecule has 1 aromatic heterocycles. The van der Waals surface area contributed by atoms with Gasteiger partial charge in [-0.3, -0.25) is 4.79 Å². The molecule has 1 atom stereocenters. The number of hydrogen-bond acceptors (Lipinski definition) is 3. The third-order valence-corrected chi connectivity index (χ3v) is 4.73. The molecule has 1 saturated carbocycles. The predicted octanol–water partition coefficient (Wildman–Crippen LogP) is 3.13. The maximum atomic E-state index is 11.9. The number of thiazole rings is 1. The maximum absolute atomic E-state index is 11.9. The number of nitrogens with one attached hydrogen (secondary N) is 1. The zero-order valence-electron chi connectivity index (χ0n) is 10.7. The number of rotatable bonds is 4. The number of carbonyl (C=O) groups excluding carboxylic acids is 1. The molecule has 1 aliphatic carbocycles. The SMILES string of the molecule is CC[C@@H](NC(=O)C1CCC1)c1nc(C)c(C)s1. The van der Waals surface area contributed by atoms with Gasteiger partial charge in [-0.25, -0.2) is 4.98 Å². The van der Waals surface area contributed by atoms with Crippen LogP contribution in [0.2, 0.25) is 0 Å². The van der Waals surface area contributed by atoms with Crippen molar-refractivity contribution in [1.29, 1.82) is 0 Å². The zero-order valence-corrected chi connectivity index (χ0v) is 11.6. The van der Waals surface area contributed by atoms with Crippen LogP contribution in [-0.2, 0) is 4.79 Å². The number of hydrogen-bond donors (Lipinski definition) is 1. The van der Waals surface area contributed by atoms with Gasteiger partial charge in [0.2, 0.25) is 5.91 Å². The Morgan fingerprint density at radius 3 is 2.65 bits per heavy atom. The Labute approximate surface area is 107 Å². The molecule has 1 amide bonds. The lowest BCUT2D eigenvalue weighted by Crippen LogP contribution is -2.36. The van der Waals surface area contributed by atoms with Gasteiger partial charge in [0.25, 0.3) is 0 Å². The summed E-state index contributed by atoms with van der Waals surface area (Å²) in [7, 11) is 0. The van der Waals surface area contributed by atoms with E-state index < -0.39 is 0 Å². The van der Waals surface area contributed by atoms with E-state index in [1.54, 1.807) is 11.3 Å². The second-order valence-corrected chi connectivity index (χ2v) is 6.03. The number of amides is 1. The maximum Gasteiger partial charge on any atom is 0.223 e. The van der Waals surface area contributed by atoms with Crippen LogP contribution in [0.3, 0.4) is 0 Å². The summed E-state index contributed by atoms with van der Waals surface area (Å²) in [5.41, 5.74) is 1.08. The largest absolute Gasteiger partial charge is 0.347 e. The van der Waals surface area contributed by atoms with Crippen molar-refractivity contribution in [3.05, 3.63) is 15.6 Å². The van der Waals surface area contributed by atoms with Crippen molar-refractivity contribution < 1.29 is 4.79 Å². The van der Waals surface area contributed by atoms with E-state index in [1.807, 2.05) is 6.92 Å². The van der Waals surface area contributed by atoms with E-state index in [9.17, 15) is 4.79 Å². The van der Waals surface area contributed by atoms with Crippen LogP contribution < -0.4 is 5.32 Å². The number of aromatic nitrogens is 1. The molecule has 4 heteroatoms. The molecule has 0 radical (unpaired) electrons. The molecule has 3 nitrogen and oxygen atoms in total. The van der Waals surface area contributed by atoms with Crippen LogP contribution in [0.25, 0.3) is 0 Å². The van der Waals surface area contributed by atoms with Gasteiger partial charge in [-0.1, -0.05) is 13.3 Å². The smallest absolute Gasteiger partial charge is 0.223 e. The van der Waals surface area contributed by atoms with E-state index >= 15 is 0 Å². The zero-order chi connectivity index (χ0) is 12.4. The summed E-state index contributed by atoms with van der Waals surface area (Å²) in [5.74, 6) is 0.472. The predicted molar refractivity (Wildman–Crippen MR) is 70.1 cm³/mol. The van der Waals surface area contributed by atoms with Gasteiger partial charge in [0.05, 0.1) is 11.7 Å². The second kappa shape index (κ2) is 5.17. The Morgan fingerprint density at radius 1 is 1.53 bits per heavy atom. The first-order valence-corrected chi connectivity index (χ1v) is 7.17. The minimum atomic E-state index is 0.0977. The number of aryl methyl sites for hydroxylation is 2. The van der Waals surface area contributed by atoms with Crippen molar-refractivity contribution in [1.82, 2.24) is 10.3 Å². The van der Waals surface area contributed by atoms with Crippen molar-refractivity contribution in [3.63, 3.8) is 0 Å². The number of carbonyl (C=O) groups is 1. The molecule has 0 aliphatic heterocycles. The normalized spacial score (nSPS) is 17.6. The van der Waals surface area contributed by atoms with Gasteiger partial charge < -0.3 is 5.32 Å². The second-order valence-electron chi connectivity index (χ2n) is 4.79. The highest BCUT2D eigenvalue weighted by molar-refractivity contribution is 7.11. The molecule has 1 aliphatic rings. The standard InChI is InChI=1S/C13H20N2OS/c1-4-11(13-14-8(2)9(3)17-13)15-12(16)10-6-5-7-10/h10-11H,4-7H2,1-3H3,(H,15,16)/t11-/m1/s1. The van der Waals surface area contributed by atoms with Crippen LogP contribution in [-0.4, -0.2) is 10.9 Å². The third-order valence-electron chi connectivity index (χ3n) is 3.54. The molecule has 0 spiro atoms. The van der Waals surface area contributed by atoms with Gasteiger partial charge in [-0.05, 0) is 33.1 Å². The molecule has 17 heavy (non-hydrogen) atoms. The van der Waals surface area contributed by atoms with Crippen LogP contribution in [0.5, 0.6) is 0 Å². The first-order valence-electron chi connectivity index (χ1n) is 6.36. The topological polar surface area (TPSA) is 42.0 Å². The monoisotopic (exact) mass is 252 g/mol. The first-order chi connectivity index (χ1) is 8.11. The Balaban J connectivity index is 2.02. The van der Waals surface area contributed by atoms with Crippen LogP contribution in [0, 0.1) is 19.8 Å². The van der Waals surface area contributed by atoms with E-state index in [2.05, 4.69) is 24.1 Å². The minimum absolute atomic E-state index is 0.0977. The summed E-state index contributed by atoms with van der Waals surface area (Å²) in [4.78, 5) is 17.7. The lowest BCUT2D eigenvalue weighted by Gasteiger charge is -2.26. The van der Waals surface area contributed by atoms with Crippen molar-refractivity contribution in [2.24, 2.45) is 5.92 Å². The molecular weight excluding hydrogens is 232 g/mol. The summed E-state index contributed by atoms with van der Waals surface area (Å²) in [5, 5.41) is 4.19. The highest BCUT2D eigenvalue weighted by atomic mass is 32.1. The molecule has 1 aromatic rings. The fourth-order valence-corrected chi connectivity index (χ4v) is 3.00. The lowest BCUT2D eigenvalue weighted by atomic mass is 9.84. The van der Waals surface area contributed by atoms with Crippen LogP contribution in [0.15, 0.2) is 0 Å². The lowest BCUT2D eigenvalue weighted by molar-refractivity contribution is -0.128. The fraction of sp³-hybridized carbons (Fsp3) is 0.692. The summed E-state index contributed by atoms with van der Waals surface area (Å²) < 4.78 is 0. The van der Waals surface area contributed by atoms with Crippen molar-refractivity contribution in [2.75, 3.05) is 0 Å². The highest BCUT2D eigenvalue weighted by Gasteiger charge is 2.27. The summed E-state index contributed by atoms with van der Waals surface area (Å²) in [6, 6.07) is 0.0977. The molecule has 0 aromatic carbocycles. The fourth-order valence-electron chi connectivity index (χ4n) is 1.95. The van der Waals surface area contributed by atoms with Crippen molar-refractivity contribution in [3.8, 4) is 0 Å². The van der Waals surface area contributed by atoms with E-state index in [1.165, 1.54) is 11.3 Å². The first kappa shape index (κ1) is 12.6. The quantitative estimate of drug-likeness (QED) is 0.894. The van der Waals surface area contributed by atoms with Crippen molar-refractivity contribution in [2.45, 2.75) is 52.5 Å². The molecule has 1 N–H and O–H groups in total. The van der Waals surface area contributed by atoms with Crippen LogP contribution in [0.4, 0.5) is 0 Å². The molecule has 0 saturated heterocycles. The van der Waals surface area contributed by atoms with E-state index in [0.29, 0.717) is 0 Å². The summed E-state index contributed by atoms with van der Waals surface area (Å²) in [6.45, 7) is 6.20. The van der Waals surface area contributed by atoms with Crippen LogP contribution in [0.1, 0.15) is 54.2 Å². The minimum Gasteiger partial charge on any atom is -0.347 e. The average Bonchev–Trinajstić information content (AvgIpc) is 2.53. The summed E-state index contributed by atoms with van der Waals surface area (Å²) in [6.07, 6.45) is 4.21. The molecule has 2 rings (SSSR count). The van der Waals surface area contributed by atoms with E-state index in [4.69, 9.17) is 0 Å². The Hall–Kier alpha value is -0.900. The third kappa shape index (κ3) is 2.68. The molecule has 94 valence electrons. The van der Waals surface area contributed by atoms with Gasteiger partial charge in [0.15, 0.2) is 0 Å². The molecule has 1 heterocycles. The van der Waals surface area contributed by atoms with Gasteiger partial charge in [-0.15, -0.1) is 11.3 Å². The van der Waals surface area contributed by atoms with Crippen molar-refractivity contribution >= 4 is 17.2 Å². The molecule has 1 fully saturated rings. The summed E-state index contributed by atoms with van der Waals surface area (Å²) >= 11 is 1.70. The number of nitrogens with zero attached hydrogens (tertiary/aromatic N) is 1.